The van der Waals surface area contributed by atoms with Gasteiger partial charge in [-0.25, -0.2) is 4.79 Å². The number of carbonyl (C=O) groups is 2. The Morgan fingerprint density at radius 3 is 2.83 bits per heavy atom. The summed E-state index contributed by atoms with van der Waals surface area (Å²) >= 11 is 0. The van der Waals surface area contributed by atoms with E-state index >= 15 is 0 Å². The van der Waals surface area contributed by atoms with Crippen LogP contribution in [-0.4, -0.2) is 36.0 Å². The molecule has 1 amide bonds. The Morgan fingerprint density at radius 1 is 1.33 bits per heavy atom. The van der Waals surface area contributed by atoms with Crippen LogP contribution in [0.1, 0.15) is 39.0 Å². The number of allylic oxidation sites excluding steroid dienone is 2. The van der Waals surface area contributed by atoms with Crippen molar-refractivity contribution in [1.82, 2.24) is 4.90 Å². The van der Waals surface area contributed by atoms with Crippen molar-refractivity contribution in [1.29, 1.82) is 0 Å². The lowest BCUT2D eigenvalue weighted by Crippen LogP contribution is -2.44. The molecule has 1 saturated heterocycles. The molecule has 1 fully saturated rings. The highest BCUT2D eigenvalue weighted by atomic mass is 16.5. The fourth-order valence-corrected chi connectivity index (χ4v) is 2.77. The minimum atomic E-state index is -0.344. The molecule has 0 N–H and O–H groups in total. The fraction of sp³-hybridized carbons (Fsp3) is 0.714. The Hall–Kier alpha value is -1.32. The summed E-state index contributed by atoms with van der Waals surface area (Å²) in [6, 6.07) is -0.344. The topological polar surface area (TPSA) is 46.6 Å². The van der Waals surface area contributed by atoms with Crippen LogP contribution in [0.15, 0.2) is 12.2 Å². The predicted molar refractivity (Wildman–Crippen MR) is 67.8 cm³/mol. The van der Waals surface area contributed by atoms with E-state index in [4.69, 9.17) is 4.74 Å². The van der Waals surface area contributed by atoms with Gasteiger partial charge in [0.15, 0.2) is 0 Å². The van der Waals surface area contributed by atoms with Gasteiger partial charge in [-0.1, -0.05) is 12.2 Å². The molecule has 2 aliphatic rings. The van der Waals surface area contributed by atoms with Crippen LogP contribution >= 0.6 is 0 Å². The molecule has 4 nitrogen and oxygen atoms in total. The second kappa shape index (κ2) is 6.03. The van der Waals surface area contributed by atoms with Crippen LogP contribution in [-0.2, 0) is 14.3 Å². The van der Waals surface area contributed by atoms with Gasteiger partial charge in [0, 0.05) is 12.5 Å². The highest BCUT2D eigenvalue weighted by Crippen LogP contribution is 2.26. The number of nitrogens with zero attached hydrogens (tertiary/aromatic N) is 1. The van der Waals surface area contributed by atoms with Crippen molar-refractivity contribution in [2.24, 2.45) is 5.92 Å². The van der Waals surface area contributed by atoms with Crippen molar-refractivity contribution in [3.8, 4) is 0 Å². The number of hydrogen-bond donors (Lipinski definition) is 0. The fourth-order valence-electron chi connectivity index (χ4n) is 2.77. The lowest BCUT2D eigenvalue weighted by atomic mass is 9.93. The summed E-state index contributed by atoms with van der Waals surface area (Å²) in [6.45, 7) is 2.87. The second-order valence-corrected chi connectivity index (χ2v) is 4.92. The lowest BCUT2D eigenvalue weighted by molar-refractivity contribution is -0.154. The first kappa shape index (κ1) is 13.1. The summed E-state index contributed by atoms with van der Waals surface area (Å²) < 4.78 is 5.05. The first-order valence-corrected chi connectivity index (χ1v) is 6.86. The van der Waals surface area contributed by atoms with Crippen LogP contribution < -0.4 is 0 Å². The van der Waals surface area contributed by atoms with Gasteiger partial charge in [-0.2, -0.15) is 0 Å². The zero-order chi connectivity index (χ0) is 13.0. The number of amides is 1. The molecule has 1 aliphatic heterocycles. The molecular formula is C14H21NO3. The zero-order valence-electron chi connectivity index (χ0n) is 10.9. The summed E-state index contributed by atoms with van der Waals surface area (Å²) in [5.41, 5.74) is 0. The molecule has 2 rings (SSSR count). The van der Waals surface area contributed by atoms with Gasteiger partial charge in [0.25, 0.3) is 0 Å². The Kier molecular flexibility index (Phi) is 4.39. The molecule has 4 heteroatoms. The van der Waals surface area contributed by atoms with Crippen molar-refractivity contribution in [2.75, 3.05) is 13.2 Å². The van der Waals surface area contributed by atoms with E-state index in [0.29, 0.717) is 13.2 Å². The van der Waals surface area contributed by atoms with Gasteiger partial charge in [0.1, 0.15) is 6.04 Å². The summed E-state index contributed by atoms with van der Waals surface area (Å²) in [7, 11) is 0. The quantitative estimate of drug-likeness (QED) is 0.568. The van der Waals surface area contributed by atoms with Crippen molar-refractivity contribution in [3.63, 3.8) is 0 Å². The van der Waals surface area contributed by atoms with E-state index in [-0.39, 0.29) is 23.8 Å². The maximum atomic E-state index is 12.4. The highest BCUT2D eigenvalue weighted by molar-refractivity contribution is 5.86. The molecule has 0 radical (unpaired) electrons. The minimum absolute atomic E-state index is 0.0602. The van der Waals surface area contributed by atoms with Gasteiger partial charge >= 0.3 is 5.97 Å². The molecule has 0 spiro atoms. The maximum Gasteiger partial charge on any atom is 0.328 e. The van der Waals surface area contributed by atoms with Crippen LogP contribution in [0, 0.1) is 5.92 Å². The van der Waals surface area contributed by atoms with Gasteiger partial charge in [-0.15, -0.1) is 0 Å². The average molecular weight is 251 g/mol. The molecule has 0 aromatic carbocycles. The monoisotopic (exact) mass is 251 g/mol. The molecule has 18 heavy (non-hydrogen) atoms. The molecule has 0 aromatic rings. The average Bonchev–Trinajstić information content (AvgIpc) is 2.88. The smallest absolute Gasteiger partial charge is 0.328 e. The summed E-state index contributed by atoms with van der Waals surface area (Å²) in [4.78, 5) is 26.0. The van der Waals surface area contributed by atoms with Crippen LogP contribution in [0.3, 0.4) is 0 Å². The molecule has 2 atom stereocenters. The van der Waals surface area contributed by atoms with Gasteiger partial charge in [-0.3, -0.25) is 4.79 Å². The van der Waals surface area contributed by atoms with E-state index in [1.54, 1.807) is 11.8 Å². The lowest BCUT2D eigenvalue weighted by Gasteiger charge is -2.28. The van der Waals surface area contributed by atoms with E-state index in [1.807, 2.05) is 0 Å². The van der Waals surface area contributed by atoms with E-state index in [9.17, 15) is 9.59 Å². The number of carbonyl (C=O) groups excluding carboxylic acids is 2. The third kappa shape index (κ3) is 2.74. The van der Waals surface area contributed by atoms with Crippen molar-refractivity contribution in [3.05, 3.63) is 12.2 Å². The molecule has 1 heterocycles. The molecular weight excluding hydrogens is 230 g/mol. The second-order valence-electron chi connectivity index (χ2n) is 4.92. The molecule has 0 bridgehead atoms. The largest absolute Gasteiger partial charge is 0.464 e. The van der Waals surface area contributed by atoms with Gasteiger partial charge in [0.2, 0.25) is 5.91 Å². The number of ether oxygens (including phenoxy) is 1. The van der Waals surface area contributed by atoms with E-state index in [2.05, 4.69) is 12.2 Å². The zero-order valence-corrected chi connectivity index (χ0v) is 10.9. The molecule has 100 valence electrons. The van der Waals surface area contributed by atoms with Crippen LogP contribution in [0.25, 0.3) is 0 Å². The van der Waals surface area contributed by atoms with E-state index < -0.39 is 0 Å². The van der Waals surface area contributed by atoms with Crippen LogP contribution in [0.2, 0.25) is 0 Å². The number of rotatable bonds is 3. The van der Waals surface area contributed by atoms with Gasteiger partial charge in [0.05, 0.1) is 6.61 Å². The standard InChI is InChI=1S/C14H21NO3/c1-2-18-14(17)12-9-6-10-15(12)13(16)11-7-4-3-5-8-11/h3-4,11-12H,2,5-10H2,1H3. The summed E-state index contributed by atoms with van der Waals surface area (Å²) in [5, 5.41) is 0. The third-order valence-corrected chi connectivity index (χ3v) is 3.71. The highest BCUT2D eigenvalue weighted by Gasteiger charge is 2.37. The van der Waals surface area contributed by atoms with Crippen molar-refractivity contribution < 1.29 is 14.3 Å². The summed E-state index contributed by atoms with van der Waals surface area (Å²) in [5.74, 6) is -0.0466. The van der Waals surface area contributed by atoms with Crippen LogP contribution in [0.5, 0.6) is 0 Å². The summed E-state index contributed by atoms with van der Waals surface area (Å²) in [6.07, 6.45) is 8.52. The maximum absolute atomic E-state index is 12.4. The normalized spacial score (nSPS) is 27.3. The van der Waals surface area contributed by atoms with Gasteiger partial charge in [-0.05, 0) is 39.0 Å². The predicted octanol–water partition coefficient (Wildman–Crippen LogP) is 1.90. The number of esters is 1. The van der Waals surface area contributed by atoms with Crippen molar-refractivity contribution in [2.45, 2.75) is 45.1 Å². The molecule has 0 aromatic heterocycles. The SMILES string of the molecule is CCOC(=O)C1CCCN1C(=O)C1CC=CCC1. The molecule has 2 unspecified atom stereocenters. The number of hydrogen-bond acceptors (Lipinski definition) is 3. The Bertz CT molecular complexity index is 351. The first-order chi connectivity index (χ1) is 8.74. The van der Waals surface area contributed by atoms with Gasteiger partial charge < -0.3 is 9.64 Å². The minimum Gasteiger partial charge on any atom is -0.464 e. The Balaban J connectivity index is 1.99. The Labute approximate surface area is 108 Å². The van der Waals surface area contributed by atoms with Crippen LogP contribution in [0.4, 0.5) is 0 Å². The van der Waals surface area contributed by atoms with E-state index in [0.717, 1.165) is 32.1 Å². The van der Waals surface area contributed by atoms with E-state index in [1.165, 1.54) is 0 Å². The third-order valence-electron chi connectivity index (χ3n) is 3.71. The first-order valence-electron chi connectivity index (χ1n) is 6.86. The number of likely N-dealkylation sites (tertiary alicyclic amines) is 1. The molecule has 1 aliphatic carbocycles. The van der Waals surface area contributed by atoms with Crippen molar-refractivity contribution >= 4 is 11.9 Å². The Morgan fingerprint density at radius 2 is 2.17 bits per heavy atom. The molecule has 0 saturated carbocycles.